The van der Waals surface area contributed by atoms with Crippen molar-refractivity contribution in [2.24, 2.45) is 5.41 Å². The van der Waals surface area contributed by atoms with Crippen molar-refractivity contribution in [1.29, 1.82) is 0 Å². The fourth-order valence-corrected chi connectivity index (χ4v) is 2.76. The summed E-state index contributed by atoms with van der Waals surface area (Å²) in [4.78, 5) is 29.5. The molecule has 1 heterocycles. The second kappa shape index (κ2) is 7.45. The minimum absolute atomic E-state index is 0.0115. The van der Waals surface area contributed by atoms with E-state index in [0.29, 0.717) is 23.4 Å². The largest absolute Gasteiger partial charge is 0.496 e. The van der Waals surface area contributed by atoms with E-state index in [2.05, 4.69) is 16.8 Å². The van der Waals surface area contributed by atoms with Crippen molar-refractivity contribution in [2.75, 3.05) is 46.9 Å². The van der Waals surface area contributed by atoms with Gasteiger partial charge in [-0.3, -0.25) is 14.5 Å². The van der Waals surface area contributed by atoms with E-state index >= 15 is 0 Å². The fraction of sp³-hybridized carbons (Fsp3) is 0.579. The number of nitrogens with zero attached hydrogens (tertiary/aromatic N) is 2. The molecule has 1 aromatic rings. The number of likely N-dealkylation sites (N-methyl/N-ethyl adjacent to an activating group) is 1. The third kappa shape index (κ3) is 4.42. The number of carbonyl (C=O) groups excluding carboxylic acids is 2. The van der Waals surface area contributed by atoms with Crippen LogP contribution in [0.3, 0.4) is 0 Å². The number of carbonyl (C=O) groups is 2. The van der Waals surface area contributed by atoms with Crippen molar-refractivity contribution in [3.05, 3.63) is 29.3 Å². The molecule has 132 valence electrons. The first kappa shape index (κ1) is 18.6. The van der Waals surface area contributed by atoms with Crippen molar-refractivity contribution < 1.29 is 14.3 Å². The normalized spacial score (nSPS) is 16.9. The Labute approximate surface area is 144 Å². The van der Waals surface area contributed by atoms with Crippen LogP contribution in [0.15, 0.2) is 18.2 Å². The summed E-state index contributed by atoms with van der Waals surface area (Å²) in [5.74, 6) is 0.546. The molecule has 0 unspecified atom stereocenters. The van der Waals surface area contributed by atoms with Gasteiger partial charge in [0, 0.05) is 37.2 Å². The van der Waals surface area contributed by atoms with E-state index in [9.17, 15) is 9.59 Å². The number of methoxy groups -OCH3 is 1. The zero-order valence-electron chi connectivity index (χ0n) is 15.4. The summed E-state index contributed by atoms with van der Waals surface area (Å²) in [7, 11) is 3.62. The van der Waals surface area contributed by atoms with Crippen LogP contribution < -0.4 is 4.74 Å². The topological polar surface area (TPSA) is 49.9 Å². The Morgan fingerprint density at radius 1 is 1.12 bits per heavy atom. The summed E-state index contributed by atoms with van der Waals surface area (Å²) in [6.07, 6.45) is 0. The Morgan fingerprint density at radius 2 is 1.75 bits per heavy atom. The molecule has 24 heavy (non-hydrogen) atoms. The first-order chi connectivity index (χ1) is 11.2. The number of hydrogen-bond acceptors (Lipinski definition) is 5. The Hall–Kier alpha value is -1.72. The summed E-state index contributed by atoms with van der Waals surface area (Å²) in [6, 6.07) is 5.14. The molecule has 0 aromatic heterocycles. The summed E-state index contributed by atoms with van der Waals surface area (Å²) < 4.78 is 5.36. The van der Waals surface area contributed by atoms with E-state index in [1.165, 1.54) is 7.11 Å². The third-order valence-corrected chi connectivity index (χ3v) is 4.41. The molecule has 0 bridgehead atoms. The lowest BCUT2D eigenvalue weighted by Crippen LogP contribution is -2.46. The highest BCUT2D eigenvalue weighted by Gasteiger charge is 2.26. The first-order valence-corrected chi connectivity index (χ1v) is 8.39. The van der Waals surface area contributed by atoms with Crippen LogP contribution in [0, 0.1) is 5.41 Å². The molecule has 5 nitrogen and oxygen atoms in total. The Balaban J connectivity index is 2.14. The van der Waals surface area contributed by atoms with Crippen molar-refractivity contribution >= 4 is 11.6 Å². The van der Waals surface area contributed by atoms with Gasteiger partial charge in [0.25, 0.3) is 0 Å². The number of hydrogen-bond donors (Lipinski definition) is 0. The molecule has 1 aliphatic rings. The van der Waals surface area contributed by atoms with Crippen LogP contribution in [0.1, 0.15) is 41.5 Å². The lowest BCUT2D eigenvalue weighted by atomic mass is 9.85. The van der Waals surface area contributed by atoms with Gasteiger partial charge in [-0.05, 0) is 19.2 Å². The molecule has 0 radical (unpaired) electrons. The van der Waals surface area contributed by atoms with E-state index in [-0.39, 0.29) is 11.6 Å². The van der Waals surface area contributed by atoms with Crippen molar-refractivity contribution in [2.45, 2.75) is 20.8 Å². The molecule has 5 heteroatoms. The highest BCUT2D eigenvalue weighted by molar-refractivity contribution is 6.04. The van der Waals surface area contributed by atoms with Gasteiger partial charge in [-0.15, -0.1) is 0 Å². The van der Waals surface area contributed by atoms with Crippen molar-refractivity contribution in [1.82, 2.24) is 9.80 Å². The van der Waals surface area contributed by atoms with E-state index in [1.54, 1.807) is 18.2 Å². The Kier molecular flexibility index (Phi) is 5.78. The maximum absolute atomic E-state index is 12.5. The molecule has 2 rings (SSSR count). The van der Waals surface area contributed by atoms with Crippen LogP contribution in [0.5, 0.6) is 5.75 Å². The van der Waals surface area contributed by atoms with Crippen LogP contribution in [-0.4, -0.2) is 68.2 Å². The molecule has 0 atom stereocenters. The van der Waals surface area contributed by atoms with Gasteiger partial charge in [0.1, 0.15) is 5.75 Å². The monoisotopic (exact) mass is 332 g/mol. The van der Waals surface area contributed by atoms with Crippen LogP contribution in [0.2, 0.25) is 0 Å². The van der Waals surface area contributed by atoms with Gasteiger partial charge < -0.3 is 9.64 Å². The summed E-state index contributed by atoms with van der Waals surface area (Å²) >= 11 is 0. The first-order valence-electron chi connectivity index (χ1n) is 8.39. The molecule has 1 aliphatic heterocycles. The zero-order valence-corrected chi connectivity index (χ0v) is 15.4. The minimum Gasteiger partial charge on any atom is -0.496 e. The second-order valence-electron chi connectivity index (χ2n) is 7.50. The summed E-state index contributed by atoms with van der Waals surface area (Å²) in [5.41, 5.74) is 0.635. The molecule has 1 aromatic carbocycles. The van der Waals surface area contributed by atoms with Crippen LogP contribution >= 0.6 is 0 Å². The molecule has 0 saturated carbocycles. The lowest BCUT2D eigenvalue weighted by molar-refractivity contribution is 0.0850. The minimum atomic E-state index is -0.487. The number of rotatable bonds is 5. The van der Waals surface area contributed by atoms with E-state index in [1.807, 2.05) is 20.8 Å². The van der Waals surface area contributed by atoms with Crippen LogP contribution in [0.4, 0.5) is 0 Å². The molecule has 1 fully saturated rings. The molecule has 0 amide bonds. The molecule has 1 saturated heterocycles. The average molecular weight is 332 g/mol. The van der Waals surface area contributed by atoms with Crippen molar-refractivity contribution in [3.63, 3.8) is 0 Å². The standard InChI is InChI=1S/C19H28N2O3/c1-19(2,3)18(23)15-7-6-14(12-17(15)24-5)16(22)13-21-10-8-20(4)9-11-21/h6-7,12H,8-11,13H2,1-5H3. The molecule has 0 aliphatic carbocycles. The van der Waals surface area contributed by atoms with Gasteiger partial charge in [0.2, 0.25) is 0 Å². The number of piperazine rings is 1. The predicted molar refractivity (Wildman–Crippen MR) is 95.0 cm³/mol. The van der Waals surface area contributed by atoms with Gasteiger partial charge in [0.05, 0.1) is 19.2 Å². The van der Waals surface area contributed by atoms with E-state index in [0.717, 1.165) is 26.2 Å². The lowest BCUT2D eigenvalue weighted by Gasteiger charge is -2.31. The maximum Gasteiger partial charge on any atom is 0.176 e. The van der Waals surface area contributed by atoms with Crippen LogP contribution in [0.25, 0.3) is 0 Å². The van der Waals surface area contributed by atoms with E-state index < -0.39 is 5.41 Å². The SMILES string of the molecule is COc1cc(C(=O)CN2CCN(C)CC2)ccc1C(=O)C(C)(C)C. The van der Waals surface area contributed by atoms with Gasteiger partial charge in [-0.2, -0.15) is 0 Å². The molecular formula is C19H28N2O3. The Morgan fingerprint density at radius 3 is 2.29 bits per heavy atom. The van der Waals surface area contributed by atoms with Crippen molar-refractivity contribution in [3.8, 4) is 5.75 Å². The summed E-state index contributed by atoms with van der Waals surface area (Å²) in [6.45, 7) is 9.80. The predicted octanol–water partition coefficient (Wildman–Crippen LogP) is 2.35. The number of ketones is 2. The highest BCUT2D eigenvalue weighted by Crippen LogP contribution is 2.28. The average Bonchev–Trinajstić information content (AvgIpc) is 2.54. The Bertz CT molecular complexity index is 612. The summed E-state index contributed by atoms with van der Waals surface area (Å²) in [5, 5.41) is 0. The highest BCUT2D eigenvalue weighted by atomic mass is 16.5. The maximum atomic E-state index is 12.5. The zero-order chi connectivity index (χ0) is 17.9. The van der Waals surface area contributed by atoms with Gasteiger partial charge >= 0.3 is 0 Å². The third-order valence-electron chi connectivity index (χ3n) is 4.41. The van der Waals surface area contributed by atoms with E-state index in [4.69, 9.17) is 4.74 Å². The number of benzene rings is 1. The number of Topliss-reactive ketones (excluding diaryl/α,β-unsaturated/α-hetero) is 2. The fourth-order valence-electron chi connectivity index (χ4n) is 2.76. The smallest absolute Gasteiger partial charge is 0.176 e. The molecule has 0 N–H and O–H groups in total. The molecular weight excluding hydrogens is 304 g/mol. The van der Waals surface area contributed by atoms with Gasteiger partial charge in [0.15, 0.2) is 11.6 Å². The quantitative estimate of drug-likeness (QED) is 0.775. The van der Waals surface area contributed by atoms with Gasteiger partial charge in [-0.1, -0.05) is 26.8 Å². The molecule has 0 spiro atoms. The van der Waals surface area contributed by atoms with Crippen LogP contribution in [-0.2, 0) is 0 Å². The second-order valence-corrected chi connectivity index (χ2v) is 7.50. The number of ether oxygens (including phenoxy) is 1. The van der Waals surface area contributed by atoms with Gasteiger partial charge in [-0.25, -0.2) is 0 Å².